The van der Waals surface area contributed by atoms with Crippen LogP contribution in [-0.4, -0.2) is 83.7 Å². The highest BCUT2D eigenvalue weighted by Crippen LogP contribution is 2.39. The number of nitrogens with one attached hydrogen (secondary N) is 2. The maximum atomic E-state index is 13.3. The Bertz CT molecular complexity index is 1140. The lowest BCUT2D eigenvalue weighted by molar-refractivity contribution is -0.110. The molecule has 2 amide bonds. The van der Waals surface area contributed by atoms with Crippen LogP contribution in [-0.2, 0) is 16.0 Å². The number of rotatable bonds is 5. The summed E-state index contributed by atoms with van der Waals surface area (Å²) in [4.78, 5) is 33.2. The van der Waals surface area contributed by atoms with Gasteiger partial charge >= 0.3 is 0 Å². The van der Waals surface area contributed by atoms with E-state index in [2.05, 4.69) is 31.1 Å². The van der Waals surface area contributed by atoms with Gasteiger partial charge in [-0.3, -0.25) is 14.5 Å². The van der Waals surface area contributed by atoms with Crippen molar-refractivity contribution in [3.63, 3.8) is 0 Å². The van der Waals surface area contributed by atoms with Crippen LogP contribution in [0.4, 0.5) is 5.69 Å². The molecule has 174 valence electrons. The monoisotopic (exact) mass is 514 g/mol. The van der Waals surface area contributed by atoms with E-state index in [4.69, 9.17) is 4.74 Å². The molecule has 0 aliphatic carbocycles. The number of nitrogens with zero attached hydrogens (tertiary/aromatic N) is 2. The molecule has 1 atom stereocenters. The Hall–Kier alpha value is -2.46. The van der Waals surface area contributed by atoms with Crippen molar-refractivity contribution in [3.8, 4) is 0 Å². The molecule has 1 aromatic heterocycles. The van der Waals surface area contributed by atoms with E-state index in [0.717, 1.165) is 45.8 Å². The van der Waals surface area contributed by atoms with Gasteiger partial charge in [0, 0.05) is 60.6 Å². The normalized spacial score (nSPS) is 20.7. The standard InChI is InChI=1S/C24H27BrN4O4/c1-14-20(11-16-22-17(25)3-2-4-18(22)27-23(16)31)26-19-5-6-29(24(32)21(14)19)13-15(30)12-28-7-9-33-10-8-28/h2-4,11,15,26,30H,5-10,12-13H2,1H3,(H,27,31). The summed E-state index contributed by atoms with van der Waals surface area (Å²) in [5.74, 6) is -0.240. The van der Waals surface area contributed by atoms with Crippen molar-refractivity contribution in [2.45, 2.75) is 19.4 Å². The lowest BCUT2D eigenvalue weighted by Gasteiger charge is -2.32. The Morgan fingerprint density at radius 2 is 1.97 bits per heavy atom. The van der Waals surface area contributed by atoms with Gasteiger partial charge in [0.1, 0.15) is 0 Å². The van der Waals surface area contributed by atoms with Crippen molar-refractivity contribution < 1.29 is 19.4 Å². The van der Waals surface area contributed by atoms with Crippen molar-refractivity contribution in [1.82, 2.24) is 14.8 Å². The predicted octanol–water partition coefficient (Wildman–Crippen LogP) is 2.27. The second-order valence-electron chi connectivity index (χ2n) is 8.76. The van der Waals surface area contributed by atoms with Crippen LogP contribution >= 0.6 is 15.9 Å². The van der Waals surface area contributed by atoms with E-state index in [-0.39, 0.29) is 11.8 Å². The molecule has 3 N–H and O–H groups in total. The lowest BCUT2D eigenvalue weighted by atomic mass is 10.0. The van der Waals surface area contributed by atoms with Gasteiger partial charge < -0.3 is 25.0 Å². The fourth-order valence-electron chi connectivity index (χ4n) is 4.86. The first-order chi connectivity index (χ1) is 15.9. The molecule has 2 aromatic rings. The van der Waals surface area contributed by atoms with E-state index < -0.39 is 6.10 Å². The summed E-state index contributed by atoms with van der Waals surface area (Å²) in [7, 11) is 0. The first-order valence-electron chi connectivity index (χ1n) is 11.2. The molecule has 1 fully saturated rings. The summed E-state index contributed by atoms with van der Waals surface area (Å²) in [6.07, 6.45) is 1.90. The number of aliphatic hydroxyl groups excluding tert-OH is 1. The Labute approximate surface area is 200 Å². The summed E-state index contributed by atoms with van der Waals surface area (Å²) >= 11 is 3.54. The number of aromatic nitrogens is 1. The number of anilines is 1. The van der Waals surface area contributed by atoms with E-state index >= 15 is 0 Å². The van der Waals surface area contributed by atoms with Gasteiger partial charge in [0.15, 0.2) is 0 Å². The molecule has 1 aromatic carbocycles. The summed E-state index contributed by atoms with van der Waals surface area (Å²) in [5.41, 5.74) is 5.27. The molecular weight excluding hydrogens is 488 g/mol. The van der Waals surface area contributed by atoms with E-state index in [1.807, 2.05) is 31.2 Å². The summed E-state index contributed by atoms with van der Waals surface area (Å²) in [5, 5.41) is 13.5. The number of amides is 2. The number of hydrogen-bond donors (Lipinski definition) is 3. The molecule has 3 aliphatic rings. The molecular formula is C24H27BrN4O4. The zero-order valence-corrected chi connectivity index (χ0v) is 20.1. The largest absolute Gasteiger partial charge is 0.390 e. The van der Waals surface area contributed by atoms with Gasteiger partial charge in [-0.1, -0.05) is 22.0 Å². The van der Waals surface area contributed by atoms with Gasteiger partial charge in [-0.05, 0) is 30.7 Å². The van der Waals surface area contributed by atoms with Gasteiger partial charge in [-0.25, -0.2) is 0 Å². The van der Waals surface area contributed by atoms with E-state index in [9.17, 15) is 14.7 Å². The third-order valence-corrected chi connectivity index (χ3v) is 7.23. The SMILES string of the molecule is Cc1c(C=C2C(=O)Nc3cccc(Br)c32)[nH]c2c1C(=O)N(CC(O)CN1CCOCC1)CC2. The minimum absolute atomic E-state index is 0.0758. The topological polar surface area (TPSA) is 97.9 Å². The van der Waals surface area contributed by atoms with Gasteiger partial charge in [0.05, 0.1) is 36.1 Å². The van der Waals surface area contributed by atoms with Crippen molar-refractivity contribution in [1.29, 1.82) is 0 Å². The lowest BCUT2D eigenvalue weighted by Crippen LogP contribution is -2.47. The number of β-amino-alcohol motifs (C(OH)–C–C–N with tert-alkyl or cyclic N) is 1. The first-order valence-corrected chi connectivity index (χ1v) is 12.0. The fraction of sp³-hybridized carbons (Fsp3) is 0.417. The van der Waals surface area contributed by atoms with Crippen LogP contribution in [0, 0.1) is 6.92 Å². The van der Waals surface area contributed by atoms with E-state index in [1.165, 1.54) is 0 Å². The van der Waals surface area contributed by atoms with E-state index in [1.54, 1.807) is 4.90 Å². The average Bonchev–Trinajstić information content (AvgIpc) is 3.28. The molecule has 3 aliphatic heterocycles. The van der Waals surface area contributed by atoms with Crippen LogP contribution in [0.1, 0.15) is 32.9 Å². The molecule has 0 radical (unpaired) electrons. The van der Waals surface area contributed by atoms with Crippen molar-refractivity contribution in [2.24, 2.45) is 0 Å². The number of morpholine rings is 1. The number of benzene rings is 1. The van der Waals surface area contributed by atoms with E-state index in [0.29, 0.717) is 50.4 Å². The smallest absolute Gasteiger partial charge is 0.256 e. The molecule has 0 saturated carbocycles. The molecule has 0 bridgehead atoms. The van der Waals surface area contributed by atoms with Gasteiger partial charge in [-0.15, -0.1) is 0 Å². The molecule has 9 heteroatoms. The van der Waals surface area contributed by atoms with Gasteiger partial charge in [-0.2, -0.15) is 0 Å². The number of carbonyl (C=O) groups is 2. The Morgan fingerprint density at radius 1 is 1.18 bits per heavy atom. The maximum absolute atomic E-state index is 13.3. The van der Waals surface area contributed by atoms with Crippen LogP contribution in [0.5, 0.6) is 0 Å². The summed E-state index contributed by atoms with van der Waals surface area (Å²) in [6, 6.07) is 5.66. The molecule has 0 spiro atoms. The summed E-state index contributed by atoms with van der Waals surface area (Å²) in [6.45, 7) is 6.26. The number of halogens is 1. The molecule has 8 nitrogen and oxygen atoms in total. The zero-order valence-electron chi connectivity index (χ0n) is 18.5. The fourth-order valence-corrected chi connectivity index (χ4v) is 5.44. The van der Waals surface area contributed by atoms with Crippen molar-refractivity contribution in [2.75, 3.05) is 51.3 Å². The first kappa shape index (κ1) is 22.3. The number of ether oxygens (including phenoxy) is 1. The summed E-state index contributed by atoms with van der Waals surface area (Å²) < 4.78 is 6.20. The Kier molecular flexibility index (Phi) is 6.13. The average molecular weight is 515 g/mol. The minimum Gasteiger partial charge on any atom is -0.390 e. The number of aromatic amines is 1. The number of fused-ring (bicyclic) bond motifs is 2. The maximum Gasteiger partial charge on any atom is 0.256 e. The number of H-pyrrole nitrogens is 1. The zero-order chi connectivity index (χ0) is 23.1. The highest BCUT2D eigenvalue weighted by Gasteiger charge is 2.32. The second-order valence-corrected chi connectivity index (χ2v) is 9.61. The molecule has 33 heavy (non-hydrogen) atoms. The third-order valence-electron chi connectivity index (χ3n) is 6.57. The highest BCUT2D eigenvalue weighted by molar-refractivity contribution is 9.10. The van der Waals surface area contributed by atoms with Crippen LogP contribution in [0.15, 0.2) is 22.7 Å². The number of aliphatic hydroxyl groups is 1. The van der Waals surface area contributed by atoms with Crippen molar-refractivity contribution in [3.05, 3.63) is 50.8 Å². The van der Waals surface area contributed by atoms with Crippen molar-refractivity contribution >= 4 is 45.1 Å². The molecule has 5 rings (SSSR count). The quantitative estimate of drug-likeness (QED) is 0.531. The van der Waals surface area contributed by atoms with Crippen LogP contribution < -0.4 is 5.32 Å². The second kappa shape index (κ2) is 9.06. The highest BCUT2D eigenvalue weighted by atomic mass is 79.9. The van der Waals surface area contributed by atoms with Crippen LogP contribution in [0.25, 0.3) is 11.6 Å². The number of carbonyl (C=O) groups excluding carboxylic acids is 2. The molecule has 4 heterocycles. The Morgan fingerprint density at radius 3 is 2.76 bits per heavy atom. The van der Waals surface area contributed by atoms with Crippen LogP contribution in [0.2, 0.25) is 0 Å². The van der Waals surface area contributed by atoms with Gasteiger partial charge in [0.2, 0.25) is 0 Å². The predicted molar refractivity (Wildman–Crippen MR) is 129 cm³/mol. The van der Waals surface area contributed by atoms with Gasteiger partial charge in [0.25, 0.3) is 11.8 Å². The number of hydrogen-bond acceptors (Lipinski definition) is 5. The minimum atomic E-state index is -0.606. The molecule has 1 unspecified atom stereocenters. The Balaban J connectivity index is 1.36. The third kappa shape index (κ3) is 4.26. The van der Waals surface area contributed by atoms with Crippen LogP contribution in [0.3, 0.4) is 0 Å². The molecule has 1 saturated heterocycles.